The Bertz CT molecular complexity index is 1680. The first-order valence-corrected chi connectivity index (χ1v) is 12.6. The molecule has 0 aromatic heterocycles. The molecule has 39 heavy (non-hydrogen) atoms. The van der Waals surface area contributed by atoms with Crippen LogP contribution in [0.25, 0.3) is 22.3 Å². The second kappa shape index (κ2) is 10.3. The number of ketones is 1. The Hall–Kier alpha value is -5.16. The maximum atomic E-state index is 13.0. The van der Waals surface area contributed by atoms with Gasteiger partial charge >= 0.3 is 5.97 Å². The molecule has 0 saturated carbocycles. The average Bonchev–Trinajstić information content (AvgIpc) is 3.26. The number of carboxylic acid groups (broad SMARTS) is 1. The number of carbonyl (C=O) groups is 2. The zero-order chi connectivity index (χ0) is 26.8. The highest BCUT2D eigenvalue weighted by Crippen LogP contribution is 2.41. The van der Waals surface area contributed by atoms with E-state index < -0.39 is 5.97 Å². The lowest BCUT2D eigenvalue weighted by Gasteiger charge is -2.12. The minimum atomic E-state index is -0.901. The van der Waals surface area contributed by atoms with Crippen LogP contribution in [0.3, 0.4) is 0 Å². The topological polar surface area (TPSA) is 72.8 Å². The van der Waals surface area contributed by atoms with Crippen LogP contribution < -0.4 is 9.47 Å². The summed E-state index contributed by atoms with van der Waals surface area (Å²) in [6, 6.07) is 36.3. The fraction of sp³-hybridized carbons (Fsp3) is 0.0588. The van der Waals surface area contributed by atoms with Crippen LogP contribution in [0.4, 0.5) is 0 Å². The third-order valence-corrected chi connectivity index (χ3v) is 6.79. The number of aliphatic carboxylic acids is 1. The summed E-state index contributed by atoms with van der Waals surface area (Å²) in [6.45, 7) is 0.350. The van der Waals surface area contributed by atoms with Gasteiger partial charge in [-0.15, -0.1) is 0 Å². The van der Waals surface area contributed by atoms with Crippen molar-refractivity contribution in [2.75, 3.05) is 0 Å². The van der Waals surface area contributed by atoms with Crippen molar-refractivity contribution >= 4 is 11.8 Å². The molecule has 0 heterocycles. The second-order valence-electron chi connectivity index (χ2n) is 9.34. The number of ether oxygens (including phenoxy) is 2. The van der Waals surface area contributed by atoms with Gasteiger partial charge in [0.05, 0.1) is 12.0 Å². The van der Waals surface area contributed by atoms with Crippen molar-refractivity contribution in [2.45, 2.75) is 13.0 Å². The lowest BCUT2D eigenvalue weighted by Crippen LogP contribution is -2.02. The van der Waals surface area contributed by atoms with E-state index in [0.29, 0.717) is 40.5 Å². The number of carbonyl (C=O) groups excluding carboxylic acids is 1. The zero-order valence-electron chi connectivity index (χ0n) is 21.0. The largest absolute Gasteiger partial charge is 0.488 e. The summed E-state index contributed by atoms with van der Waals surface area (Å²) in [5.41, 5.74) is 6.91. The Morgan fingerprint density at radius 1 is 0.641 bits per heavy atom. The van der Waals surface area contributed by atoms with Crippen LogP contribution in [0.15, 0.2) is 115 Å². The Balaban J connectivity index is 1.13. The molecule has 1 aliphatic rings. The monoisotopic (exact) mass is 512 g/mol. The van der Waals surface area contributed by atoms with Crippen molar-refractivity contribution in [3.05, 3.63) is 138 Å². The maximum Gasteiger partial charge on any atom is 0.307 e. The number of benzene rings is 5. The third kappa shape index (κ3) is 4.90. The molecule has 0 amide bonds. The van der Waals surface area contributed by atoms with Gasteiger partial charge in [0.25, 0.3) is 0 Å². The van der Waals surface area contributed by atoms with E-state index >= 15 is 0 Å². The lowest BCUT2D eigenvalue weighted by molar-refractivity contribution is -0.136. The number of fused-ring (bicyclic) bond motifs is 3. The molecule has 1 aliphatic carbocycles. The molecule has 6 rings (SSSR count). The summed E-state index contributed by atoms with van der Waals surface area (Å²) in [7, 11) is 0. The SMILES string of the molecule is O=C(O)Cc1ccccc1Oc1ccc(-c2ccc(COc3cccc4c3C(=O)c3ccccc3-4)cc2)cc1. The van der Waals surface area contributed by atoms with Crippen LogP contribution >= 0.6 is 0 Å². The van der Waals surface area contributed by atoms with Crippen LogP contribution in [0.1, 0.15) is 27.0 Å². The molecule has 0 unspecified atom stereocenters. The van der Waals surface area contributed by atoms with Crippen LogP contribution in [0.2, 0.25) is 0 Å². The second-order valence-corrected chi connectivity index (χ2v) is 9.34. The summed E-state index contributed by atoms with van der Waals surface area (Å²) in [5.74, 6) is 0.866. The Labute approximate surface area is 225 Å². The van der Waals surface area contributed by atoms with Gasteiger partial charge in [-0.1, -0.05) is 91.0 Å². The third-order valence-electron chi connectivity index (χ3n) is 6.79. The van der Waals surface area contributed by atoms with Crippen LogP contribution in [0.5, 0.6) is 17.2 Å². The standard InChI is InChI=1S/C34H24O5/c35-32(36)20-25-6-1-4-10-30(25)39-26-18-16-24(17-19-26)23-14-12-22(13-15-23)21-38-31-11-5-9-28-27-7-2-3-8-29(27)34(37)33(28)31/h1-19H,20-21H2,(H,35,36). The van der Waals surface area contributed by atoms with Crippen molar-refractivity contribution in [3.8, 4) is 39.5 Å². The first-order valence-electron chi connectivity index (χ1n) is 12.6. The van der Waals surface area contributed by atoms with E-state index in [4.69, 9.17) is 14.6 Å². The first kappa shape index (κ1) is 24.2. The molecule has 5 aromatic rings. The number of hydrogen-bond donors (Lipinski definition) is 1. The Kier molecular flexibility index (Phi) is 6.39. The fourth-order valence-corrected chi connectivity index (χ4v) is 4.87. The molecule has 0 radical (unpaired) electrons. The molecule has 5 heteroatoms. The van der Waals surface area contributed by atoms with Gasteiger partial charge in [0.15, 0.2) is 5.78 Å². The quantitative estimate of drug-likeness (QED) is 0.228. The normalized spacial score (nSPS) is 11.5. The van der Waals surface area contributed by atoms with Gasteiger partial charge in [-0.3, -0.25) is 9.59 Å². The molecule has 0 bridgehead atoms. The van der Waals surface area contributed by atoms with E-state index in [1.54, 1.807) is 18.2 Å². The maximum absolute atomic E-state index is 13.0. The van der Waals surface area contributed by atoms with Gasteiger partial charge in [-0.25, -0.2) is 0 Å². The summed E-state index contributed by atoms with van der Waals surface area (Å²) >= 11 is 0. The van der Waals surface area contributed by atoms with Crippen LogP contribution in [0, 0.1) is 0 Å². The molecular weight excluding hydrogens is 488 g/mol. The summed E-state index contributed by atoms with van der Waals surface area (Å²) < 4.78 is 12.1. The highest BCUT2D eigenvalue weighted by Gasteiger charge is 2.29. The zero-order valence-corrected chi connectivity index (χ0v) is 21.0. The molecule has 1 N–H and O–H groups in total. The summed E-state index contributed by atoms with van der Waals surface area (Å²) in [5, 5.41) is 9.14. The van der Waals surface area contributed by atoms with Gasteiger partial charge in [0.1, 0.15) is 23.9 Å². The van der Waals surface area contributed by atoms with Crippen molar-refractivity contribution in [2.24, 2.45) is 0 Å². The molecule has 5 nitrogen and oxygen atoms in total. The fourth-order valence-electron chi connectivity index (χ4n) is 4.87. The minimum Gasteiger partial charge on any atom is -0.488 e. The highest BCUT2D eigenvalue weighted by atomic mass is 16.5. The van der Waals surface area contributed by atoms with Crippen LogP contribution in [-0.4, -0.2) is 16.9 Å². The predicted octanol–water partition coefficient (Wildman–Crippen LogP) is 7.56. The molecule has 0 saturated heterocycles. The minimum absolute atomic E-state index is 0.00403. The summed E-state index contributed by atoms with van der Waals surface area (Å²) in [6.07, 6.45) is -0.0962. The Morgan fingerprint density at radius 2 is 1.26 bits per heavy atom. The van der Waals surface area contributed by atoms with Gasteiger partial charge in [0, 0.05) is 11.1 Å². The molecule has 190 valence electrons. The van der Waals surface area contributed by atoms with E-state index in [1.165, 1.54) is 0 Å². The molecule has 0 fully saturated rings. The van der Waals surface area contributed by atoms with Crippen molar-refractivity contribution in [1.82, 2.24) is 0 Å². The number of rotatable bonds is 8. The van der Waals surface area contributed by atoms with E-state index in [2.05, 4.69) is 0 Å². The lowest BCUT2D eigenvalue weighted by atomic mass is 10.0. The van der Waals surface area contributed by atoms with Gasteiger partial charge < -0.3 is 14.6 Å². The molecule has 5 aromatic carbocycles. The van der Waals surface area contributed by atoms with Crippen molar-refractivity contribution in [3.63, 3.8) is 0 Å². The van der Waals surface area contributed by atoms with Gasteiger partial charge in [-0.05, 0) is 52.1 Å². The van der Waals surface area contributed by atoms with E-state index in [1.807, 2.05) is 97.1 Å². The van der Waals surface area contributed by atoms with E-state index in [0.717, 1.165) is 27.8 Å². The molecule has 0 aliphatic heterocycles. The highest BCUT2D eigenvalue weighted by molar-refractivity contribution is 6.23. The number of para-hydroxylation sites is 1. The first-order chi connectivity index (χ1) is 19.1. The van der Waals surface area contributed by atoms with Gasteiger partial charge in [-0.2, -0.15) is 0 Å². The molecule has 0 spiro atoms. The van der Waals surface area contributed by atoms with Crippen molar-refractivity contribution < 1.29 is 24.2 Å². The van der Waals surface area contributed by atoms with Gasteiger partial charge in [0.2, 0.25) is 0 Å². The van der Waals surface area contributed by atoms with Crippen molar-refractivity contribution in [1.29, 1.82) is 0 Å². The average molecular weight is 513 g/mol. The molecule has 0 atom stereocenters. The van der Waals surface area contributed by atoms with E-state index in [-0.39, 0.29) is 12.2 Å². The predicted molar refractivity (Wildman–Crippen MR) is 149 cm³/mol. The smallest absolute Gasteiger partial charge is 0.307 e. The molecular formula is C34H24O5. The number of hydrogen-bond acceptors (Lipinski definition) is 4. The summed E-state index contributed by atoms with van der Waals surface area (Å²) in [4.78, 5) is 24.1. The Morgan fingerprint density at radius 3 is 2.00 bits per heavy atom. The van der Waals surface area contributed by atoms with Crippen LogP contribution in [-0.2, 0) is 17.8 Å². The number of carboxylic acids is 1. The van der Waals surface area contributed by atoms with E-state index in [9.17, 15) is 9.59 Å².